The number of hydrogen-bond donors (Lipinski definition) is 2. The van der Waals surface area contributed by atoms with E-state index in [-0.39, 0.29) is 25.7 Å². The number of carboxylic acids is 1. The van der Waals surface area contributed by atoms with Crippen molar-refractivity contribution in [2.45, 2.75) is 19.8 Å². The van der Waals surface area contributed by atoms with Gasteiger partial charge >= 0.3 is 12.0 Å². The molecule has 0 aromatic carbocycles. The minimum Gasteiger partial charge on any atom is -0.481 e. The molecule has 7 heteroatoms. The summed E-state index contributed by atoms with van der Waals surface area (Å²) in [6, 6.07) is -0.229. The number of carboxylic acid groups (broad SMARTS) is 1. The van der Waals surface area contributed by atoms with E-state index in [1.165, 1.54) is 4.90 Å². The number of rotatable bonds is 7. The van der Waals surface area contributed by atoms with Gasteiger partial charge in [0.1, 0.15) is 0 Å². The lowest BCUT2D eigenvalue weighted by Gasteiger charge is -2.29. The molecule has 1 heterocycles. The Bertz CT molecular complexity index is 350. The first-order valence-electron chi connectivity index (χ1n) is 6.87. The topological polar surface area (TPSA) is 90.3 Å². The van der Waals surface area contributed by atoms with Crippen LogP contribution in [0.25, 0.3) is 0 Å². The third kappa shape index (κ3) is 3.61. The van der Waals surface area contributed by atoms with Crippen molar-refractivity contribution in [2.24, 2.45) is 5.41 Å². The fourth-order valence-corrected chi connectivity index (χ4v) is 2.48. The smallest absolute Gasteiger partial charge is 0.320 e. The van der Waals surface area contributed by atoms with E-state index in [4.69, 9.17) is 9.84 Å². The van der Waals surface area contributed by atoms with Crippen molar-refractivity contribution < 1.29 is 24.5 Å². The maximum Gasteiger partial charge on any atom is 0.320 e. The molecular weight excluding hydrogens is 264 g/mol. The van der Waals surface area contributed by atoms with Crippen molar-refractivity contribution in [1.29, 1.82) is 0 Å². The summed E-state index contributed by atoms with van der Waals surface area (Å²) in [6.45, 7) is 3.38. The van der Waals surface area contributed by atoms with Gasteiger partial charge in [-0.15, -0.1) is 0 Å². The van der Waals surface area contributed by atoms with Crippen LogP contribution < -0.4 is 0 Å². The molecule has 0 aliphatic carbocycles. The van der Waals surface area contributed by atoms with Crippen LogP contribution in [0.4, 0.5) is 4.79 Å². The highest BCUT2D eigenvalue weighted by Crippen LogP contribution is 2.34. The number of nitrogens with zero attached hydrogens (tertiary/aromatic N) is 2. The summed E-state index contributed by atoms with van der Waals surface area (Å²) in [5, 5.41) is 18.4. The second kappa shape index (κ2) is 7.44. The quantitative estimate of drug-likeness (QED) is 0.700. The maximum absolute atomic E-state index is 12.4. The van der Waals surface area contributed by atoms with E-state index in [0.29, 0.717) is 32.5 Å². The van der Waals surface area contributed by atoms with E-state index in [9.17, 15) is 14.7 Å². The molecule has 1 atom stereocenters. The number of carbonyl (C=O) groups excluding carboxylic acids is 1. The predicted octanol–water partition coefficient (Wildman–Crippen LogP) is 0.234. The molecule has 1 aliphatic rings. The summed E-state index contributed by atoms with van der Waals surface area (Å²) in [5.74, 6) is -0.846. The van der Waals surface area contributed by atoms with Gasteiger partial charge < -0.3 is 24.7 Å². The molecule has 2 amide bonds. The zero-order valence-corrected chi connectivity index (χ0v) is 12.2. The van der Waals surface area contributed by atoms with E-state index < -0.39 is 11.4 Å². The SMILES string of the molecule is CCC1(C(=O)O)CCN(C(=O)N(CCO)CCOC)C1. The van der Waals surface area contributed by atoms with Gasteiger partial charge in [-0.3, -0.25) is 4.79 Å². The summed E-state index contributed by atoms with van der Waals surface area (Å²) < 4.78 is 4.94. The van der Waals surface area contributed by atoms with Gasteiger partial charge in [0.25, 0.3) is 0 Å². The standard InChI is InChI=1S/C13H24N2O5/c1-3-13(11(17)18)4-5-15(10-13)12(19)14(6-8-16)7-9-20-2/h16H,3-10H2,1-2H3,(H,17,18). The van der Waals surface area contributed by atoms with Crippen LogP contribution in [0.2, 0.25) is 0 Å². The third-order valence-electron chi connectivity index (χ3n) is 3.96. The summed E-state index contributed by atoms with van der Waals surface area (Å²) in [6.07, 6.45) is 0.978. The first-order chi connectivity index (χ1) is 9.50. The van der Waals surface area contributed by atoms with E-state index in [1.807, 2.05) is 6.92 Å². The van der Waals surface area contributed by atoms with Crippen LogP contribution in [0.5, 0.6) is 0 Å². The number of carbonyl (C=O) groups is 2. The second-order valence-corrected chi connectivity index (χ2v) is 5.10. The highest BCUT2D eigenvalue weighted by atomic mass is 16.5. The molecule has 0 aromatic rings. The van der Waals surface area contributed by atoms with Crippen LogP contribution in [0, 0.1) is 5.41 Å². The largest absolute Gasteiger partial charge is 0.481 e. The van der Waals surface area contributed by atoms with Crippen molar-refractivity contribution >= 4 is 12.0 Å². The Morgan fingerprint density at radius 2 is 2.10 bits per heavy atom. The number of amides is 2. The fraction of sp³-hybridized carbons (Fsp3) is 0.846. The minimum absolute atomic E-state index is 0.124. The monoisotopic (exact) mass is 288 g/mol. The number of urea groups is 1. The van der Waals surface area contributed by atoms with Crippen molar-refractivity contribution in [1.82, 2.24) is 9.80 Å². The van der Waals surface area contributed by atoms with Gasteiger partial charge in [0, 0.05) is 33.3 Å². The minimum atomic E-state index is -0.846. The zero-order valence-electron chi connectivity index (χ0n) is 12.2. The zero-order chi connectivity index (χ0) is 15.2. The molecule has 0 bridgehead atoms. The Hall–Kier alpha value is -1.34. The lowest BCUT2D eigenvalue weighted by molar-refractivity contribution is -0.148. The Morgan fingerprint density at radius 3 is 2.55 bits per heavy atom. The number of methoxy groups -OCH3 is 1. The van der Waals surface area contributed by atoms with Gasteiger partial charge in [0.05, 0.1) is 18.6 Å². The molecule has 0 spiro atoms. The average molecular weight is 288 g/mol. The maximum atomic E-state index is 12.4. The van der Waals surface area contributed by atoms with Crippen molar-refractivity contribution in [3.8, 4) is 0 Å². The van der Waals surface area contributed by atoms with Crippen LogP contribution in [-0.4, -0.2) is 78.5 Å². The van der Waals surface area contributed by atoms with E-state index >= 15 is 0 Å². The van der Waals surface area contributed by atoms with Gasteiger partial charge in [0.15, 0.2) is 0 Å². The van der Waals surface area contributed by atoms with Crippen LogP contribution in [0.1, 0.15) is 19.8 Å². The molecule has 116 valence electrons. The number of aliphatic carboxylic acids is 1. The number of aliphatic hydroxyl groups is 1. The van der Waals surface area contributed by atoms with Crippen LogP contribution in [-0.2, 0) is 9.53 Å². The molecule has 1 saturated heterocycles. The second-order valence-electron chi connectivity index (χ2n) is 5.10. The van der Waals surface area contributed by atoms with Crippen molar-refractivity contribution in [3.63, 3.8) is 0 Å². The molecule has 1 unspecified atom stereocenters. The Morgan fingerprint density at radius 1 is 1.40 bits per heavy atom. The summed E-state index contributed by atoms with van der Waals surface area (Å²) in [5.41, 5.74) is -0.832. The molecule has 1 fully saturated rings. The molecule has 1 aliphatic heterocycles. The molecule has 1 rings (SSSR count). The van der Waals surface area contributed by atoms with Crippen molar-refractivity contribution in [2.75, 3.05) is 46.5 Å². The first kappa shape index (κ1) is 16.7. The van der Waals surface area contributed by atoms with Gasteiger partial charge in [-0.1, -0.05) is 6.92 Å². The van der Waals surface area contributed by atoms with Crippen LogP contribution in [0.3, 0.4) is 0 Å². The first-order valence-corrected chi connectivity index (χ1v) is 6.87. The molecule has 20 heavy (non-hydrogen) atoms. The molecule has 0 radical (unpaired) electrons. The van der Waals surface area contributed by atoms with E-state index in [1.54, 1.807) is 12.0 Å². The molecular formula is C13H24N2O5. The summed E-state index contributed by atoms with van der Waals surface area (Å²) in [7, 11) is 1.55. The lowest BCUT2D eigenvalue weighted by atomic mass is 9.84. The molecule has 0 aromatic heterocycles. The highest BCUT2D eigenvalue weighted by Gasteiger charge is 2.45. The number of aliphatic hydroxyl groups excluding tert-OH is 1. The van der Waals surface area contributed by atoms with Crippen LogP contribution >= 0.6 is 0 Å². The van der Waals surface area contributed by atoms with Crippen molar-refractivity contribution in [3.05, 3.63) is 0 Å². The van der Waals surface area contributed by atoms with Gasteiger partial charge in [0.2, 0.25) is 0 Å². The Kier molecular flexibility index (Phi) is 6.22. The lowest BCUT2D eigenvalue weighted by Crippen LogP contribution is -2.46. The predicted molar refractivity (Wildman–Crippen MR) is 72.5 cm³/mol. The van der Waals surface area contributed by atoms with Gasteiger partial charge in [-0.25, -0.2) is 4.79 Å². The average Bonchev–Trinajstić information content (AvgIpc) is 2.88. The molecule has 0 saturated carbocycles. The number of ether oxygens (including phenoxy) is 1. The van der Waals surface area contributed by atoms with Gasteiger partial charge in [-0.2, -0.15) is 0 Å². The van der Waals surface area contributed by atoms with E-state index in [2.05, 4.69) is 0 Å². The normalized spacial score (nSPS) is 22.1. The fourth-order valence-electron chi connectivity index (χ4n) is 2.48. The number of hydrogen-bond acceptors (Lipinski definition) is 4. The van der Waals surface area contributed by atoms with Gasteiger partial charge in [-0.05, 0) is 12.8 Å². The highest BCUT2D eigenvalue weighted by molar-refractivity contribution is 5.79. The summed E-state index contributed by atoms with van der Waals surface area (Å²) >= 11 is 0. The molecule has 7 nitrogen and oxygen atoms in total. The Labute approximate surface area is 119 Å². The molecule has 2 N–H and O–H groups in total. The summed E-state index contributed by atoms with van der Waals surface area (Å²) in [4.78, 5) is 26.8. The van der Waals surface area contributed by atoms with E-state index in [0.717, 1.165) is 0 Å². The third-order valence-corrected chi connectivity index (χ3v) is 3.96. The van der Waals surface area contributed by atoms with Crippen LogP contribution in [0.15, 0.2) is 0 Å². The Balaban J connectivity index is 2.69. The number of likely N-dealkylation sites (tertiary alicyclic amines) is 1.